The molecule has 3 rings (SSSR count). The van der Waals surface area contributed by atoms with Gasteiger partial charge < -0.3 is 5.32 Å². The third-order valence-corrected chi connectivity index (χ3v) is 4.56. The number of aryl methyl sites for hydroxylation is 1. The van der Waals surface area contributed by atoms with Gasteiger partial charge in [-0.05, 0) is 44.7 Å². The van der Waals surface area contributed by atoms with E-state index in [1.54, 1.807) is 0 Å². The maximum atomic E-state index is 4.51. The molecule has 0 amide bonds. The lowest BCUT2D eigenvalue weighted by Crippen LogP contribution is -2.24. The summed E-state index contributed by atoms with van der Waals surface area (Å²) in [6.07, 6.45) is 12.6. The van der Waals surface area contributed by atoms with Crippen LogP contribution in [0.1, 0.15) is 30.5 Å². The first-order chi connectivity index (χ1) is 11.2. The van der Waals surface area contributed by atoms with Crippen molar-refractivity contribution in [3.05, 3.63) is 36.0 Å². The van der Waals surface area contributed by atoms with Crippen LogP contribution >= 0.6 is 0 Å². The van der Waals surface area contributed by atoms with Gasteiger partial charge in [0, 0.05) is 32.4 Å². The molecule has 0 radical (unpaired) electrons. The molecule has 1 N–H and O–H groups in total. The second-order valence-electron chi connectivity index (χ2n) is 6.44. The zero-order valence-electron chi connectivity index (χ0n) is 14.1. The van der Waals surface area contributed by atoms with Gasteiger partial charge in [-0.2, -0.15) is 5.10 Å². The third-order valence-electron chi connectivity index (χ3n) is 4.56. The summed E-state index contributed by atoms with van der Waals surface area (Å²) in [7, 11) is 3.84. The molecule has 1 saturated heterocycles. The fourth-order valence-corrected chi connectivity index (χ4v) is 3.28. The Morgan fingerprint density at radius 3 is 2.78 bits per heavy atom. The van der Waals surface area contributed by atoms with E-state index in [1.807, 2.05) is 37.4 Å². The van der Waals surface area contributed by atoms with Crippen molar-refractivity contribution in [2.24, 2.45) is 13.0 Å². The molecule has 1 atom stereocenters. The SMILES string of the molecule is CNc1cnc(C[C@@H]2CCCN(Cc3cnn(C)c3)CC2)cn1. The number of rotatable bonds is 5. The van der Waals surface area contributed by atoms with Gasteiger partial charge in [-0.3, -0.25) is 14.6 Å². The normalized spacial score (nSPS) is 19.5. The molecule has 3 heterocycles. The highest BCUT2D eigenvalue weighted by atomic mass is 15.2. The summed E-state index contributed by atoms with van der Waals surface area (Å²) < 4.78 is 1.88. The van der Waals surface area contributed by atoms with Gasteiger partial charge in [0.25, 0.3) is 0 Å². The summed E-state index contributed by atoms with van der Waals surface area (Å²) in [5.41, 5.74) is 2.41. The van der Waals surface area contributed by atoms with Crippen molar-refractivity contribution in [2.75, 3.05) is 25.5 Å². The summed E-state index contributed by atoms with van der Waals surface area (Å²) in [5, 5.41) is 7.27. The van der Waals surface area contributed by atoms with Gasteiger partial charge in [0.2, 0.25) is 0 Å². The van der Waals surface area contributed by atoms with E-state index in [0.29, 0.717) is 5.92 Å². The minimum absolute atomic E-state index is 0.712. The number of likely N-dealkylation sites (tertiary alicyclic amines) is 1. The standard InChI is InChI=1S/C17H26N6/c1-18-17-11-19-16(10-20-17)8-14-4-3-6-23(7-5-14)13-15-9-21-22(2)12-15/h9-12,14H,3-8,13H2,1-2H3,(H,18,20)/t14-/m1/s1. The Morgan fingerprint density at radius 1 is 1.17 bits per heavy atom. The second kappa shape index (κ2) is 7.55. The molecule has 6 nitrogen and oxygen atoms in total. The fourth-order valence-electron chi connectivity index (χ4n) is 3.28. The Hall–Kier alpha value is -1.95. The fraction of sp³-hybridized carbons (Fsp3) is 0.588. The number of anilines is 1. The third kappa shape index (κ3) is 4.51. The van der Waals surface area contributed by atoms with Crippen LogP contribution in [0.3, 0.4) is 0 Å². The Bertz CT molecular complexity index is 606. The lowest BCUT2D eigenvalue weighted by molar-refractivity contribution is 0.272. The molecular weight excluding hydrogens is 288 g/mol. The Balaban J connectivity index is 1.51. The van der Waals surface area contributed by atoms with Crippen LogP contribution in [0.2, 0.25) is 0 Å². The molecule has 1 aliphatic rings. The first-order valence-corrected chi connectivity index (χ1v) is 8.41. The van der Waals surface area contributed by atoms with E-state index >= 15 is 0 Å². The van der Waals surface area contributed by atoms with E-state index in [-0.39, 0.29) is 0 Å². The Kier molecular flexibility index (Phi) is 5.23. The van der Waals surface area contributed by atoms with E-state index in [4.69, 9.17) is 0 Å². The lowest BCUT2D eigenvalue weighted by atomic mass is 9.95. The van der Waals surface area contributed by atoms with Crippen molar-refractivity contribution in [1.29, 1.82) is 0 Å². The highest BCUT2D eigenvalue weighted by Gasteiger charge is 2.18. The molecule has 2 aromatic heterocycles. The molecule has 0 unspecified atom stereocenters. The second-order valence-corrected chi connectivity index (χ2v) is 6.44. The van der Waals surface area contributed by atoms with E-state index in [0.717, 1.165) is 31.0 Å². The smallest absolute Gasteiger partial charge is 0.144 e. The summed E-state index contributed by atoms with van der Waals surface area (Å²) in [6.45, 7) is 3.34. The van der Waals surface area contributed by atoms with Crippen molar-refractivity contribution < 1.29 is 0 Å². The van der Waals surface area contributed by atoms with Crippen LogP contribution in [-0.4, -0.2) is 44.8 Å². The van der Waals surface area contributed by atoms with Gasteiger partial charge in [-0.15, -0.1) is 0 Å². The molecule has 6 heteroatoms. The van der Waals surface area contributed by atoms with E-state index < -0.39 is 0 Å². The maximum Gasteiger partial charge on any atom is 0.144 e. The molecule has 2 aromatic rings. The van der Waals surface area contributed by atoms with Crippen LogP contribution in [0, 0.1) is 5.92 Å². The van der Waals surface area contributed by atoms with Crippen LogP contribution in [-0.2, 0) is 20.0 Å². The van der Waals surface area contributed by atoms with E-state index in [9.17, 15) is 0 Å². The highest BCUT2D eigenvalue weighted by Crippen LogP contribution is 2.22. The first kappa shape index (κ1) is 15.9. The van der Waals surface area contributed by atoms with Crippen LogP contribution in [0.5, 0.6) is 0 Å². The number of nitrogens with zero attached hydrogens (tertiary/aromatic N) is 5. The highest BCUT2D eigenvalue weighted by molar-refractivity contribution is 5.29. The monoisotopic (exact) mass is 314 g/mol. The van der Waals surface area contributed by atoms with Crippen molar-refractivity contribution >= 4 is 5.82 Å². The van der Waals surface area contributed by atoms with Crippen LogP contribution in [0.15, 0.2) is 24.8 Å². The number of nitrogens with one attached hydrogen (secondary N) is 1. The molecule has 0 spiro atoms. The molecule has 0 aromatic carbocycles. The topological polar surface area (TPSA) is 58.9 Å². The van der Waals surface area contributed by atoms with Gasteiger partial charge in [-0.25, -0.2) is 4.98 Å². The van der Waals surface area contributed by atoms with Crippen LogP contribution in [0.4, 0.5) is 5.82 Å². The van der Waals surface area contributed by atoms with Gasteiger partial charge in [0.05, 0.1) is 24.3 Å². The number of hydrogen-bond acceptors (Lipinski definition) is 5. The maximum absolute atomic E-state index is 4.51. The van der Waals surface area contributed by atoms with E-state index in [2.05, 4.69) is 31.5 Å². The molecule has 1 fully saturated rings. The lowest BCUT2D eigenvalue weighted by Gasteiger charge is -2.19. The Morgan fingerprint density at radius 2 is 2.09 bits per heavy atom. The zero-order valence-corrected chi connectivity index (χ0v) is 14.1. The van der Waals surface area contributed by atoms with Crippen molar-refractivity contribution in [3.8, 4) is 0 Å². The minimum Gasteiger partial charge on any atom is -0.372 e. The van der Waals surface area contributed by atoms with Crippen molar-refractivity contribution in [2.45, 2.75) is 32.2 Å². The van der Waals surface area contributed by atoms with Gasteiger partial charge in [0.1, 0.15) is 5.82 Å². The van der Waals surface area contributed by atoms with Crippen LogP contribution in [0.25, 0.3) is 0 Å². The predicted molar refractivity (Wildman–Crippen MR) is 91.1 cm³/mol. The molecule has 23 heavy (non-hydrogen) atoms. The first-order valence-electron chi connectivity index (χ1n) is 8.41. The summed E-state index contributed by atoms with van der Waals surface area (Å²) >= 11 is 0. The molecule has 0 aliphatic carbocycles. The van der Waals surface area contributed by atoms with Crippen molar-refractivity contribution in [3.63, 3.8) is 0 Å². The largest absolute Gasteiger partial charge is 0.372 e. The van der Waals surface area contributed by atoms with Gasteiger partial charge in [0.15, 0.2) is 0 Å². The van der Waals surface area contributed by atoms with Gasteiger partial charge in [-0.1, -0.05) is 0 Å². The summed E-state index contributed by atoms with van der Waals surface area (Å²) in [4.78, 5) is 11.4. The summed E-state index contributed by atoms with van der Waals surface area (Å²) in [6, 6.07) is 0. The molecule has 1 aliphatic heterocycles. The molecular formula is C17H26N6. The minimum atomic E-state index is 0.712. The van der Waals surface area contributed by atoms with Crippen LogP contribution < -0.4 is 5.32 Å². The van der Waals surface area contributed by atoms with Gasteiger partial charge >= 0.3 is 0 Å². The number of hydrogen-bond donors (Lipinski definition) is 1. The Labute approximate surface area is 137 Å². The number of aromatic nitrogens is 4. The summed E-state index contributed by atoms with van der Waals surface area (Å²) in [5.74, 6) is 1.54. The zero-order chi connectivity index (χ0) is 16.1. The molecule has 0 bridgehead atoms. The average molecular weight is 314 g/mol. The predicted octanol–water partition coefficient (Wildman–Crippen LogP) is 2.10. The molecule has 0 saturated carbocycles. The molecule has 124 valence electrons. The van der Waals surface area contributed by atoms with E-state index in [1.165, 1.54) is 31.4 Å². The average Bonchev–Trinajstić information content (AvgIpc) is 2.84. The van der Waals surface area contributed by atoms with Crippen molar-refractivity contribution in [1.82, 2.24) is 24.6 Å². The quantitative estimate of drug-likeness (QED) is 0.916.